The fourth-order valence-corrected chi connectivity index (χ4v) is 13.3. The first-order valence-electron chi connectivity index (χ1n) is 33.8. The van der Waals surface area contributed by atoms with Crippen molar-refractivity contribution < 1.29 is 120 Å². The molecular formula is C66H73F15N18O11Si. The number of nitrogens with zero attached hydrogens (tertiary/aromatic N) is 17. The molecule has 29 nitrogen and oxygen atoms in total. The Morgan fingerprint density at radius 1 is 0.586 bits per heavy atom. The van der Waals surface area contributed by atoms with Crippen LogP contribution in [0.25, 0.3) is 44.6 Å². The Bertz CT molecular complexity index is 4480. The summed E-state index contributed by atoms with van der Waals surface area (Å²) in [6, 6.07) is 13.0. The first-order valence-corrected chi connectivity index (χ1v) is 37.5. The number of hydrogen-bond donors (Lipinski definition) is 6. The van der Waals surface area contributed by atoms with Crippen LogP contribution in [0.2, 0.25) is 25.7 Å². The molecule has 2 aliphatic heterocycles. The second-order valence-electron chi connectivity index (χ2n) is 27.3. The van der Waals surface area contributed by atoms with E-state index in [1.165, 1.54) is 18.5 Å². The summed E-state index contributed by atoms with van der Waals surface area (Å²) in [6.45, 7) is 10.1. The van der Waals surface area contributed by atoms with Gasteiger partial charge in [0, 0.05) is 138 Å². The molecule has 2 aliphatic carbocycles. The van der Waals surface area contributed by atoms with Crippen molar-refractivity contribution in [3.8, 4) is 46.4 Å². The number of H-pyrrole nitrogens is 1. The Hall–Kier alpha value is -10.2. The summed E-state index contributed by atoms with van der Waals surface area (Å²) in [5, 5.41) is 70.2. The van der Waals surface area contributed by atoms with Gasteiger partial charge in [-0.15, -0.1) is 0 Å². The molecule has 0 radical (unpaired) electrons. The highest BCUT2D eigenvalue weighted by molar-refractivity contribution is 6.76. The van der Waals surface area contributed by atoms with Crippen molar-refractivity contribution in [1.29, 1.82) is 10.5 Å². The van der Waals surface area contributed by atoms with Gasteiger partial charge < -0.3 is 49.3 Å². The van der Waals surface area contributed by atoms with Crippen molar-refractivity contribution in [3.63, 3.8) is 0 Å². The first kappa shape index (κ1) is 86.4. The molecular weight excluding hydrogens is 1530 g/mol. The number of aliphatic hydroxyl groups is 2. The molecule has 0 atom stereocenters. The number of fused-ring (bicyclic) bond motifs is 2. The summed E-state index contributed by atoms with van der Waals surface area (Å²) in [5.41, 5.74) is 4.05. The van der Waals surface area contributed by atoms with E-state index in [9.17, 15) is 81.5 Å². The zero-order valence-electron chi connectivity index (χ0n) is 59.0. The Labute approximate surface area is 620 Å². The molecule has 2 saturated heterocycles. The molecule has 6 N–H and O–H groups in total. The van der Waals surface area contributed by atoms with E-state index >= 15 is 0 Å². The van der Waals surface area contributed by atoms with Gasteiger partial charge in [0.05, 0.1) is 60.1 Å². The fraction of sp³-hybridized carbons (Fsp3) is 0.530. The summed E-state index contributed by atoms with van der Waals surface area (Å²) in [5.74, 6) is -11.0. The van der Waals surface area contributed by atoms with E-state index in [1.54, 1.807) is 18.7 Å². The number of carbonyl (C=O) groups is 3. The SMILES string of the molecule is C[Si](C)(C)CCOCn1ccc2c(-c3cnn(C4(CC#N)CN(C5CCC(Oc6cc(CCO)nc(C(F)(F)F)n6)CC5)C4)c3)ncnc21.N#CCC1(n2cc(-c3ncnc4[nH]ccc34)cn2)CN([C@H]2CC[C@@H](Oc3cc(CCO)nc(C(F)(F)F)n3)CC2)C1.O=C(O)C(F)(F)F.O=C(O)C(F)(F)F.O=C(O)C(F)(F)F. The number of carboxylic acid groups (broad SMARTS) is 3. The van der Waals surface area contributed by atoms with Crippen LogP contribution in [-0.2, 0) is 62.1 Å². The van der Waals surface area contributed by atoms with E-state index in [2.05, 4.69) is 91.5 Å². The van der Waals surface area contributed by atoms with Gasteiger partial charge in [0.1, 0.15) is 54.0 Å². The van der Waals surface area contributed by atoms with Crippen LogP contribution < -0.4 is 9.47 Å². The van der Waals surface area contributed by atoms with Crippen LogP contribution in [0.5, 0.6) is 11.8 Å². The average molecular weight is 1610 g/mol. The number of alkyl halides is 15. The number of rotatable bonds is 21. The number of carboxylic acids is 3. The second-order valence-corrected chi connectivity index (χ2v) is 32.9. The summed E-state index contributed by atoms with van der Waals surface area (Å²) in [4.78, 5) is 66.5. The van der Waals surface area contributed by atoms with E-state index in [1.807, 2.05) is 50.9 Å². The minimum absolute atomic E-state index is 0.0125. The second kappa shape index (κ2) is 35.9. The van der Waals surface area contributed by atoms with E-state index in [4.69, 9.17) is 54.1 Å². The molecule has 2 saturated carbocycles. The number of likely N-dealkylation sites (tertiary alicyclic amines) is 2. The van der Waals surface area contributed by atoms with Crippen LogP contribution in [-0.4, -0.2) is 219 Å². The average Bonchev–Trinajstić information content (AvgIpc) is 1.71. The van der Waals surface area contributed by atoms with Crippen molar-refractivity contribution in [3.05, 3.63) is 97.1 Å². The van der Waals surface area contributed by atoms with Gasteiger partial charge in [-0.2, -0.15) is 96.5 Å². The van der Waals surface area contributed by atoms with Crippen LogP contribution in [0.4, 0.5) is 65.9 Å². The maximum Gasteiger partial charge on any atom is 0.490 e. The predicted molar refractivity (Wildman–Crippen MR) is 358 cm³/mol. The van der Waals surface area contributed by atoms with Crippen LogP contribution >= 0.6 is 0 Å². The number of nitrogens with one attached hydrogen (secondary N) is 1. The number of aromatic nitrogens is 14. The first-order chi connectivity index (χ1) is 52.0. The Kier molecular flexibility index (Phi) is 27.9. The van der Waals surface area contributed by atoms with Gasteiger partial charge in [-0.1, -0.05) is 19.6 Å². The number of nitriles is 2. The molecule has 4 fully saturated rings. The molecule has 602 valence electrons. The van der Waals surface area contributed by atoms with Crippen molar-refractivity contribution >= 4 is 48.0 Å². The molecule has 8 aromatic heterocycles. The zero-order valence-corrected chi connectivity index (χ0v) is 60.0. The van der Waals surface area contributed by atoms with Crippen LogP contribution in [0, 0.1) is 22.7 Å². The molecule has 0 aromatic carbocycles. The van der Waals surface area contributed by atoms with Gasteiger partial charge in [0.2, 0.25) is 23.4 Å². The quantitative estimate of drug-likeness (QED) is 0.0221. The van der Waals surface area contributed by atoms with E-state index in [0.717, 1.165) is 82.9 Å². The highest BCUT2D eigenvalue weighted by atomic mass is 28.3. The lowest BCUT2D eigenvalue weighted by Gasteiger charge is -2.53. The fourth-order valence-electron chi connectivity index (χ4n) is 12.5. The van der Waals surface area contributed by atoms with Crippen LogP contribution in [0.1, 0.15) is 87.2 Å². The van der Waals surface area contributed by atoms with Gasteiger partial charge in [-0.3, -0.25) is 19.2 Å². The minimum Gasteiger partial charge on any atom is -0.475 e. The van der Waals surface area contributed by atoms with Crippen molar-refractivity contribution in [2.45, 2.75) is 176 Å². The van der Waals surface area contributed by atoms with Crippen LogP contribution in [0.15, 0.2) is 74.1 Å². The standard InChI is InChI=1S/C33H42F3N9O3Si.C27H28F3N9O2.3C2HF3O2/c1-49(2,3)15-14-47-22-43-12-8-27-29(38-21-39-30(27)43)23-17-40-45(18-23)32(10-11-37)19-44(20-32)25-4-6-26(7-5-25)48-28-16-24(9-13-46)41-31(42-28)33(34,35)36;28-27(29,30)25-36-18(6-10-40)11-22(37-25)41-20-3-1-19(2-4-20)38-14-26(15-38,7-8-31)39-13-17(12-35-39)23-21-5-9-32-24(21)34-16-33-23;3*3-2(4,5)1(6)7/h8,12,16-18,21,25-26,46H,4-7,9-10,13-15,19-20,22H2,1-3H3;5,9,11-13,16,19-20,40H,1-4,6-7,10,14-15H2,(H,32,33,34);3*(H,6,7)/t;19-,20+;;;. The zero-order chi connectivity index (χ0) is 81.7. The van der Waals surface area contributed by atoms with Crippen molar-refractivity contribution in [1.82, 2.24) is 78.8 Å². The van der Waals surface area contributed by atoms with E-state index < -0.39 is 79.6 Å². The number of aliphatic hydroxyl groups excluding tert-OH is 2. The summed E-state index contributed by atoms with van der Waals surface area (Å²) in [7, 11) is -1.18. The normalized spacial score (nSPS) is 18.6. The monoisotopic (exact) mass is 1610 g/mol. The third kappa shape index (κ3) is 23.2. The van der Waals surface area contributed by atoms with E-state index in [0.29, 0.717) is 71.4 Å². The molecule has 8 aromatic rings. The minimum atomic E-state index is -5.08. The van der Waals surface area contributed by atoms with Crippen LogP contribution in [0.3, 0.4) is 0 Å². The molecule has 4 aliphatic rings. The Balaban J connectivity index is 0.000000223. The van der Waals surface area contributed by atoms with Gasteiger partial charge in [0.15, 0.2) is 0 Å². The molecule has 12 rings (SSSR count). The van der Waals surface area contributed by atoms with Gasteiger partial charge in [-0.05, 0) is 69.5 Å². The number of halogens is 15. The highest BCUT2D eigenvalue weighted by Crippen LogP contribution is 2.42. The maximum atomic E-state index is 13.3. The largest absolute Gasteiger partial charge is 0.490 e. The molecule has 10 heterocycles. The number of ether oxygens (including phenoxy) is 3. The smallest absolute Gasteiger partial charge is 0.475 e. The highest BCUT2D eigenvalue weighted by Gasteiger charge is 2.51. The third-order valence-electron chi connectivity index (χ3n) is 18.0. The van der Waals surface area contributed by atoms with Crippen molar-refractivity contribution in [2.24, 2.45) is 0 Å². The summed E-state index contributed by atoms with van der Waals surface area (Å²) in [6.07, 6.45) is -4.43. The molecule has 0 bridgehead atoms. The lowest BCUT2D eigenvalue weighted by Crippen LogP contribution is -2.65. The van der Waals surface area contributed by atoms with Gasteiger partial charge >= 0.3 is 48.8 Å². The van der Waals surface area contributed by atoms with Crippen molar-refractivity contribution in [2.75, 3.05) is 46.0 Å². The number of aromatic amines is 1. The maximum absolute atomic E-state index is 13.3. The lowest BCUT2D eigenvalue weighted by molar-refractivity contribution is -0.193. The molecule has 45 heteroatoms. The van der Waals surface area contributed by atoms with Gasteiger partial charge in [-0.25, -0.2) is 44.3 Å². The number of aliphatic carboxylic acids is 3. The van der Waals surface area contributed by atoms with Gasteiger partial charge in [0.25, 0.3) is 0 Å². The summed E-state index contributed by atoms with van der Waals surface area (Å²) >= 11 is 0. The summed E-state index contributed by atoms with van der Waals surface area (Å²) < 4.78 is 198. The Morgan fingerprint density at radius 3 is 1.37 bits per heavy atom. The third-order valence-corrected chi connectivity index (χ3v) is 19.7. The molecule has 111 heavy (non-hydrogen) atoms. The van der Waals surface area contributed by atoms with E-state index in [-0.39, 0.29) is 73.5 Å². The molecule has 0 unspecified atom stereocenters. The molecule has 0 amide bonds. The predicted octanol–water partition coefficient (Wildman–Crippen LogP) is 10.6. The molecule has 0 spiro atoms. The number of hydrogen-bond acceptors (Lipinski definition) is 22. The Morgan fingerprint density at radius 2 is 0.991 bits per heavy atom. The topological polar surface area (TPSA) is 394 Å². The lowest BCUT2D eigenvalue weighted by atomic mass is 9.82.